The Morgan fingerprint density at radius 3 is 2.89 bits per heavy atom. The van der Waals surface area contributed by atoms with Crippen LogP contribution in [0.2, 0.25) is 0 Å². The fraction of sp³-hybridized carbons (Fsp3) is 0.167. The van der Waals surface area contributed by atoms with Crippen molar-refractivity contribution in [3.63, 3.8) is 0 Å². The number of halogens is 1. The van der Waals surface area contributed by atoms with Crippen molar-refractivity contribution in [2.24, 2.45) is 7.05 Å². The Bertz CT molecular complexity index is 580. The van der Waals surface area contributed by atoms with Gasteiger partial charge in [-0.15, -0.1) is 0 Å². The second kappa shape index (κ2) is 5.22. The van der Waals surface area contributed by atoms with Gasteiger partial charge < -0.3 is 10.4 Å². The predicted octanol–water partition coefficient (Wildman–Crippen LogP) is 2.49. The molecule has 0 aliphatic carbocycles. The van der Waals surface area contributed by atoms with Crippen LogP contribution in [0.15, 0.2) is 35.1 Å². The molecule has 0 aliphatic heterocycles. The molecule has 2 N–H and O–H groups in total. The van der Waals surface area contributed by atoms with Gasteiger partial charge in [0, 0.05) is 35.5 Å². The Morgan fingerprint density at radius 1 is 1.56 bits per heavy atom. The molecule has 0 bridgehead atoms. The van der Waals surface area contributed by atoms with Gasteiger partial charge in [0.15, 0.2) is 0 Å². The second-order valence-electron chi connectivity index (χ2n) is 3.88. The molecule has 2 rings (SSSR count). The van der Waals surface area contributed by atoms with Gasteiger partial charge in [0.25, 0.3) is 0 Å². The number of rotatable bonds is 4. The van der Waals surface area contributed by atoms with Crippen molar-refractivity contribution in [2.45, 2.75) is 6.54 Å². The monoisotopic (exact) mass is 309 g/mol. The van der Waals surface area contributed by atoms with Crippen molar-refractivity contribution >= 4 is 27.6 Å². The first-order chi connectivity index (χ1) is 8.56. The maximum absolute atomic E-state index is 10.9. The Kier molecular flexibility index (Phi) is 3.66. The van der Waals surface area contributed by atoms with Crippen LogP contribution < -0.4 is 5.32 Å². The number of aromatic carboxylic acids is 1. The van der Waals surface area contributed by atoms with Crippen LogP contribution in [0.4, 0.5) is 5.69 Å². The van der Waals surface area contributed by atoms with Crippen molar-refractivity contribution in [1.29, 1.82) is 0 Å². The van der Waals surface area contributed by atoms with E-state index in [-0.39, 0.29) is 5.56 Å². The Labute approximate surface area is 113 Å². The van der Waals surface area contributed by atoms with E-state index in [0.29, 0.717) is 11.0 Å². The number of hydrogen-bond acceptors (Lipinski definition) is 3. The van der Waals surface area contributed by atoms with Crippen LogP contribution in [-0.4, -0.2) is 20.9 Å². The van der Waals surface area contributed by atoms with Crippen LogP contribution in [0.5, 0.6) is 0 Å². The van der Waals surface area contributed by atoms with Crippen molar-refractivity contribution in [3.05, 3.63) is 46.2 Å². The minimum atomic E-state index is -0.944. The first kappa shape index (κ1) is 12.6. The summed E-state index contributed by atoms with van der Waals surface area (Å²) >= 11 is 3.24. The van der Waals surface area contributed by atoms with Crippen molar-refractivity contribution < 1.29 is 9.90 Å². The van der Waals surface area contributed by atoms with Crippen LogP contribution in [-0.2, 0) is 13.6 Å². The van der Waals surface area contributed by atoms with Crippen LogP contribution in [0, 0.1) is 0 Å². The Morgan fingerprint density at radius 2 is 2.33 bits per heavy atom. The highest BCUT2D eigenvalue weighted by Crippen LogP contribution is 2.22. The highest BCUT2D eigenvalue weighted by Gasteiger charge is 2.08. The van der Waals surface area contributed by atoms with Gasteiger partial charge in [0.05, 0.1) is 11.8 Å². The van der Waals surface area contributed by atoms with E-state index in [1.165, 1.54) is 0 Å². The molecule has 0 amide bonds. The summed E-state index contributed by atoms with van der Waals surface area (Å²) in [7, 11) is 1.86. The Balaban J connectivity index is 2.06. The molecule has 0 spiro atoms. The topological polar surface area (TPSA) is 67.2 Å². The molecule has 0 aliphatic rings. The van der Waals surface area contributed by atoms with Gasteiger partial charge in [0.2, 0.25) is 0 Å². The minimum absolute atomic E-state index is 0.252. The highest BCUT2D eigenvalue weighted by atomic mass is 79.9. The molecule has 0 saturated heterocycles. The maximum atomic E-state index is 10.9. The zero-order chi connectivity index (χ0) is 13.1. The van der Waals surface area contributed by atoms with E-state index in [4.69, 9.17) is 5.11 Å². The zero-order valence-electron chi connectivity index (χ0n) is 9.72. The van der Waals surface area contributed by atoms with Crippen LogP contribution in [0.25, 0.3) is 0 Å². The molecule has 1 aromatic heterocycles. The third kappa shape index (κ3) is 2.89. The standard InChI is InChI=1S/C12H12BrN3O2/c1-16-7-8(6-15-16)5-14-9-2-3-10(12(17)18)11(13)4-9/h2-4,6-7,14H,5H2,1H3,(H,17,18). The van der Waals surface area contributed by atoms with Crippen LogP contribution >= 0.6 is 15.9 Å². The highest BCUT2D eigenvalue weighted by molar-refractivity contribution is 9.10. The fourth-order valence-corrected chi connectivity index (χ4v) is 2.11. The summed E-state index contributed by atoms with van der Waals surface area (Å²) in [6.07, 6.45) is 3.71. The smallest absolute Gasteiger partial charge is 0.336 e. The van der Waals surface area contributed by atoms with Gasteiger partial charge in [-0.1, -0.05) is 0 Å². The van der Waals surface area contributed by atoms with E-state index >= 15 is 0 Å². The molecule has 6 heteroatoms. The molecule has 0 radical (unpaired) electrons. The van der Waals surface area contributed by atoms with E-state index in [9.17, 15) is 4.79 Å². The lowest BCUT2D eigenvalue weighted by atomic mass is 10.2. The van der Waals surface area contributed by atoms with Crippen molar-refractivity contribution in [3.8, 4) is 0 Å². The molecule has 0 fully saturated rings. The third-order valence-electron chi connectivity index (χ3n) is 2.45. The molecule has 94 valence electrons. The number of nitrogens with one attached hydrogen (secondary N) is 1. The number of nitrogens with zero attached hydrogens (tertiary/aromatic N) is 2. The van der Waals surface area contributed by atoms with Gasteiger partial charge in [0.1, 0.15) is 0 Å². The fourth-order valence-electron chi connectivity index (χ4n) is 1.57. The average molecular weight is 310 g/mol. The number of hydrogen-bond donors (Lipinski definition) is 2. The van der Waals surface area contributed by atoms with Gasteiger partial charge in [-0.25, -0.2) is 4.79 Å². The number of anilines is 1. The summed E-state index contributed by atoms with van der Waals surface area (Å²) in [5.74, 6) is -0.944. The molecule has 5 nitrogen and oxygen atoms in total. The number of carbonyl (C=O) groups is 1. The Hall–Kier alpha value is -1.82. The summed E-state index contributed by atoms with van der Waals surface area (Å²) in [5, 5.41) is 16.2. The summed E-state index contributed by atoms with van der Waals surface area (Å²) < 4.78 is 2.30. The number of aryl methyl sites for hydroxylation is 1. The molecule has 0 atom stereocenters. The van der Waals surface area contributed by atoms with Gasteiger partial charge >= 0.3 is 5.97 Å². The second-order valence-corrected chi connectivity index (χ2v) is 4.73. The summed E-state index contributed by atoms with van der Waals surface area (Å²) in [4.78, 5) is 10.9. The first-order valence-electron chi connectivity index (χ1n) is 5.30. The molecule has 0 unspecified atom stereocenters. The van der Waals surface area contributed by atoms with E-state index in [1.807, 2.05) is 13.2 Å². The maximum Gasteiger partial charge on any atom is 0.336 e. The number of carboxylic acids is 1. The molecule has 1 aromatic carbocycles. The number of aromatic nitrogens is 2. The average Bonchev–Trinajstić information content (AvgIpc) is 2.72. The number of benzene rings is 1. The van der Waals surface area contributed by atoms with E-state index < -0.39 is 5.97 Å². The molecular formula is C12H12BrN3O2. The van der Waals surface area contributed by atoms with E-state index in [2.05, 4.69) is 26.3 Å². The summed E-state index contributed by atoms with van der Waals surface area (Å²) in [6.45, 7) is 0.646. The summed E-state index contributed by atoms with van der Waals surface area (Å²) in [6, 6.07) is 5.06. The first-order valence-corrected chi connectivity index (χ1v) is 6.10. The number of carboxylic acid groups (broad SMARTS) is 1. The largest absolute Gasteiger partial charge is 0.478 e. The lowest BCUT2D eigenvalue weighted by molar-refractivity contribution is 0.0696. The molecule has 2 aromatic rings. The van der Waals surface area contributed by atoms with Crippen molar-refractivity contribution in [2.75, 3.05) is 5.32 Å². The predicted molar refractivity (Wildman–Crippen MR) is 71.6 cm³/mol. The zero-order valence-corrected chi connectivity index (χ0v) is 11.3. The van der Waals surface area contributed by atoms with Crippen LogP contribution in [0.3, 0.4) is 0 Å². The van der Waals surface area contributed by atoms with Gasteiger partial charge in [-0.3, -0.25) is 4.68 Å². The van der Waals surface area contributed by atoms with Gasteiger partial charge in [-0.05, 0) is 34.1 Å². The van der Waals surface area contributed by atoms with E-state index in [0.717, 1.165) is 11.3 Å². The normalized spacial score (nSPS) is 10.3. The van der Waals surface area contributed by atoms with E-state index in [1.54, 1.807) is 29.1 Å². The van der Waals surface area contributed by atoms with Crippen LogP contribution in [0.1, 0.15) is 15.9 Å². The lowest BCUT2D eigenvalue weighted by Gasteiger charge is -2.06. The molecule has 18 heavy (non-hydrogen) atoms. The third-order valence-corrected chi connectivity index (χ3v) is 3.11. The summed E-state index contributed by atoms with van der Waals surface area (Å²) in [5.41, 5.74) is 2.17. The van der Waals surface area contributed by atoms with Crippen molar-refractivity contribution in [1.82, 2.24) is 9.78 Å². The SMILES string of the molecule is Cn1cc(CNc2ccc(C(=O)O)c(Br)c2)cn1. The van der Waals surface area contributed by atoms with Gasteiger partial charge in [-0.2, -0.15) is 5.10 Å². The minimum Gasteiger partial charge on any atom is -0.478 e. The quantitative estimate of drug-likeness (QED) is 0.910. The molecular weight excluding hydrogens is 298 g/mol. The lowest BCUT2D eigenvalue weighted by Crippen LogP contribution is -2.01. The molecule has 1 heterocycles. The molecule has 0 saturated carbocycles.